The smallest absolute Gasteiger partial charge is 0.249 e. The molecule has 0 saturated heterocycles. The fraction of sp³-hybridized carbons (Fsp3) is 1.00. The lowest BCUT2D eigenvalue weighted by atomic mass is 10.2. The molecule has 0 rings (SSSR count). The first kappa shape index (κ1) is 12.1. The fourth-order valence-electron chi connectivity index (χ4n) is 0.989. The standard InChI is InChI=1S/C9H19O2Si/c1-3-4-5-6-7-8-10-9(2)11-12/h9H,3-8H2,1-2H3. The van der Waals surface area contributed by atoms with Gasteiger partial charge >= 0.3 is 0 Å². The molecule has 1 unspecified atom stereocenters. The van der Waals surface area contributed by atoms with Crippen molar-refractivity contribution in [1.82, 2.24) is 0 Å². The van der Waals surface area contributed by atoms with E-state index in [1.807, 2.05) is 6.92 Å². The van der Waals surface area contributed by atoms with Gasteiger partial charge in [-0.2, -0.15) is 0 Å². The van der Waals surface area contributed by atoms with Crippen LogP contribution in [0, 0.1) is 0 Å². The maximum Gasteiger partial charge on any atom is 0.249 e. The van der Waals surface area contributed by atoms with Crippen molar-refractivity contribution in [1.29, 1.82) is 0 Å². The van der Waals surface area contributed by atoms with Crippen LogP contribution < -0.4 is 0 Å². The van der Waals surface area contributed by atoms with Crippen molar-refractivity contribution in [2.75, 3.05) is 6.61 Å². The fourth-order valence-corrected chi connectivity index (χ4v) is 1.06. The van der Waals surface area contributed by atoms with Gasteiger partial charge < -0.3 is 9.16 Å². The Kier molecular flexibility index (Phi) is 9.33. The van der Waals surface area contributed by atoms with E-state index in [0.717, 1.165) is 13.0 Å². The van der Waals surface area contributed by atoms with E-state index in [4.69, 9.17) is 9.16 Å². The minimum absolute atomic E-state index is 0.132. The van der Waals surface area contributed by atoms with Crippen LogP contribution in [0.5, 0.6) is 0 Å². The molecule has 0 spiro atoms. The second kappa shape index (κ2) is 9.23. The zero-order chi connectivity index (χ0) is 9.23. The van der Waals surface area contributed by atoms with Gasteiger partial charge in [0.25, 0.3) is 0 Å². The molecule has 0 aliphatic heterocycles. The van der Waals surface area contributed by atoms with Gasteiger partial charge in [0.05, 0.1) is 0 Å². The first-order valence-electron chi connectivity index (χ1n) is 4.75. The van der Waals surface area contributed by atoms with Crippen LogP contribution in [-0.4, -0.2) is 23.4 Å². The third-order valence-electron chi connectivity index (χ3n) is 1.77. The minimum atomic E-state index is -0.132. The summed E-state index contributed by atoms with van der Waals surface area (Å²) in [5.74, 6) is 0. The number of ether oxygens (including phenoxy) is 1. The zero-order valence-electron chi connectivity index (χ0n) is 8.14. The lowest BCUT2D eigenvalue weighted by Crippen LogP contribution is -2.11. The Bertz CT molecular complexity index is 88.6. The number of rotatable bonds is 8. The highest BCUT2D eigenvalue weighted by molar-refractivity contribution is 5.98. The van der Waals surface area contributed by atoms with Crippen LogP contribution >= 0.6 is 0 Å². The van der Waals surface area contributed by atoms with E-state index >= 15 is 0 Å². The molecule has 0 aromatic carbocycles. The third kappa shape index (κ3) is 8.24. The molecule has 2 nitrogen and oxygen atoms in total. The molecule has 0 N–H and O–H groups in total. The van der Waals surface area contributed by atoms with Crippen molar-refractivity contribution >= 4 is 10.5 Å². The summed E-state index contributed by atoms with van der Waals surface area (Å²) >= 11 is 0. The summed E-state index contributed by atoms with van der Waals surface area (Å²) in [5.41, 5.74) is 0. The van der Waals surface area contributed by atoms with Crippen LogP contribution in [0.2, 0.25) is 0 Å². The lowest BCUT2D eigenvalue weighted by Gasteiger charge is -2.10. The van der Waals surface area contributed by atoms with Gasteiger partial charge in [0.2, 0.25) is 10.5 Å². The Morgan fingerprint density at radius 2 is 1.83 bits per heavy atom. The highest BCUT2D eigenvalue weighted by atomic mass is 28.2. The van der Waals surface area contributed by atoms with Gasteiger partial charge in [-0.3, -0.25) is 0 Å². The van der Waals surface area contributed by atoms with E-state index in [2.05, 4.69) is 17.4 Å². The van der Waals surface area contributed by atoms with Gasteiger partial charge in [-0.05, 0) is 13.3 Å². The van der Waals surface area contributed by atoms with Crippen LogP contribution in [0.3, 0.4) is 0 Å². The molecular formula is C9H19O2Si. The number of hydrogen-bond acceptors (Lipinski definition) is 2. The Morgan fingerprint density at radius 3 is 2.42 bits per heavy atom. The Balaban J connectivity index is 2.90. The summed E-state index contributed by atoms with van der Waals surface area (Å²) in [6.07, 6.45) is 6.23. The average Bonchev–Trinajstić information content (AvgIpc) is 2.10. The van der Waals surface area contributed by atoms with Crippen molar-refractivity contribution in [3.05, 3.63) is 0 Å². The first-order chi connectivity index (χ1) is 5.81. The minimum Gasteiger partial charge on any atom is -0.394 e. The first-order valence-corrected chi connectivity index (χ1v) is 5.16. The Morgan fingerprint density at radius 1 is 1.17 bits per heavy atom. The van der Waals surface area contributed by atoms with E-state index in [-0.39, 0.29) is 6.29 Å². The normalized spacial score (nSPS) is 13.2. The van der Waals surface area contributed by atoms with E-state index in [0.29, 0.717) is 0 Å². The van der Waals surface area contributed by atoms with E-state index in [9.17, 15) is 0 Å². The van der Waals surface area contributed by atoms with Crippen molar-refractivity contribution in [2.24, 2.45) is 0 Å². The lowest BCUT2D eigenvalue weighted by molar-refractivity contribution is -0.0639. The molecule has 71 valence electrons. The largest absolute Gasteiger partial charge is 0.394 e. The Labute approximate surface area is 79.2 Å². The van der Waals surface area contributed by atoms with Crippen LogP contribution in [0.4, 0.5) is 0 Å². The van der Waals surface area contributed by atoms with Gasteiger partial charge in [-0.25, -0.2) is 0 Å². The van der Waals surface area contributed by atoms with Crippen molar-refractivity contribution in [3.8, 4) is 0 Å². The highest BCUT2D eigenvalue weighted by Gasteiger charge is 1.96. The van der Waals surface area contributed by atoms with Crippen LogP contribution in [0.1, 0.15) is 46.0 Å². The molecular weight excluding hydrogens is 168 g/mol. The summed E-state index contributed by atoms with van der Waals surface area (Å²) in [4.78, 5) is 0. The van der Waals surface area contributed by atoms with Crippen molar-refractivity contribution in [2.45, 2.75) is 52.2 Å². The van der Waals surface area contributed by atoms with Gasteiger partial charge in [0.1, 0.15) is 6.29 Å². The Hall–Kier alpha value is 0.137. The maximum absolute atomic E-state index is 5.30. The molecule has 1 atom stereocenters. The molecule has 0 aliphatic carbocycles. The summed E-state index contributed by atoms with van der Waals surface area (Å²) < 4.78 is 10.1. The molecule has 0 amide bonds. The van der Waals surface area contributed by atoms with Gasteiger partial charge in [-0.1, -0.05) is 32.6 Å². The molecule has 3 radical (unpaired) electrons. The average molecular weight is 187 g/mol. The van der Waals surface area contributed by atoms with Crippen LogP contribution in [0.15, 0.2) is 0 Å². The van der Waals surface area contributed by atoms with Crippen LogP contribution in [0.25, 0.3) is 0 Å². The van der Waals surface area contributed by atoms with E-state index < -0.39 is 0 Å². The molecule has 0 fully saturated rings. The number of hydrogen-bond donors (Lipinski definition) is 0. The second-order valence-electron chi connectivity index (χ2n) is 2.97. The van der Waals surface area contributed by atoms with Crippen LogP contribution in [-0.2, 0) is 9.16 Å². The van der Waals surface area contributed by atoms with Gasteiger partial charge in [-0.15, -0.1) is 0 Å². The second-order valence-corrected chi connectivity index (χ2v) is 3.21. The zero-order valence-corrected chi connectivity index (χ0v) is 9.14. The number of unbranched alkanes of at least 4 members (excludes halogenated alkanes) is 4. The molecule has 0 aliphatic rings. The third-order valence-corrected chi connectivity index (χ3v) is 2.10. The molecule has 0 aromatic heterocycles. The van der Waals surface area contributed by atoms with Crippen molar-refractivity contribution in [3.63, 3.8) is 0 Å². The predicted molar refractivity (Wildman–Crippen MR) is 51.0 cm³/mol. The van der Waals surface area contributed by atoms with Gasteiger partial charge in [0.15, 0.2) is 0 Å². The maximum atomic E-state index is 5.30. The van der Waals surface area contributed by atoms with E-state index in [1.165, 1.54) is 25.7 Å². The molecule has 0 saturated carbocycles. The summed E-state index contributed by atoms with van der Waals surface area (Å²) in [6, 6.07) is 0. The molecule has 0 heterocycles. The van der Waals surface area contributed by atoms with Crippen molar-refractivity contribution < 1.29 is 9.16 Å². The molecule has 3 heteroatoms. The van der Waals surface area contributed by atoms with Gasteiger partial charge in [0, 0.05) is 6.61 Å². The summed E-state index contributed by atoms with van der Waals surface area (Å²) in [5, 5.41) is 0. The SMILES string of the molecule is CCCCCCCOC(C)O[Si]. The highest BCUT2D eigenvalue weighted by Crippen LogP contribution is 2.03. The topological polar surface area (TPSA) is 18.5 Å². The molecule has 0 aromatic rings. The summed E-state index contributed by atoms with van der Waals surface area (Å²) in [6.45, 7) is 4.89. The predicted octanol–water partition coefficient (Wildman–Crippen LogP) is 2.42. The monoisotopic (exact) mass is 187 g/mol. The quantitative estimate of drug-likeness (QED) is 0.330. The summed E-state index contributed by atoms with van der Waals surface area (Å²) in [7, 11) is 2.93. The van der Waals surface area contributed by atoms with E-state index in [1.54, 1.807) is 0 Å². The molecule has 0 bridgehead atoms. The molecule has 12 heavy (non-hydrogen) atoms.